The Hall–Kier alpha value is -0.920. The molecule has 0 aliphatic carbocycles. The van der Waals surface area contributed by atoms with Crippen molar-refractivity contribution in [2.24, 2.45) is 0 Å². The molecule has 0 amide bonds. The summed E-state index contributed by atoms with van der Waals surface area (Å²) < 4.78 is 0. The molecule has 0 aliphatic rings. The molecule has 0 aromatic carbocycles. The highest BCUT2D eigenvalue weighted by Gasteiger charge is 2.01. The van der Waals surface area contributed by atoms with Gasteiger partial charge in [-0.05, 0) is 19.4 Å². The van der Waals surface area contributed by atoms with Gasteiger partial charge in [0.05, 0.1) is 11.9 Å². The van der Waals surface area contributed by atoms with Crippen molar-refractivity contribution in [2.75, 3.05) is 18.0 Å². The van der Waals surface area contributed by atoms with E-state index in [1.54, 1.807) is 0 Å². The van der Waals surface area contributed by atoms with E-state index in [1.165, 1.54) is 12.1 Å². The topological polar surface area (TPSA) is 19.0 Å². The number of rotatable bonds is 4. The SMILES string of the molecule is CCCN(CC)c1[c][nH]cc1. The van der Waals surface area contributed by atoms with E-state index in [9.17, 15) is 0 Å². The Balaban J connectivity index is 2.56. The molecule has 1 aromatic rings. The predicted octanol–water partition coefficient (Wildman–Crippen LogP) is 2.05. The Morgan fingerprint density at radius 1 is 1.55 bits per heavy atom. The van der Waals surface area contributed by atoms with Crippen LogP contribution in [0.4, 0.5) is 5.69 Å². The third-order valence-electron chi connectivity index (χ3n) is 1.74. The number of hydrogen-bond donors (Lipinski definition) is 1. The van der Waals surface area contributed by atoms with Gasteiger partial charge in [-0.3, -0.25) is 0 Å². The third-order valence-corrected chi connectivity index (χ3v) is 1.74. The van der Waals surface area contributed by atoms with E-state index < -0.39 is 0 Å². The molecule has 1 N–H and O–H groups in total. The second-order valence-corrected chi connectivity index (χ2v) is 2.57. The van der Waals surface area contributed by atoms with Gasteiger partial charge in [-0.1, -0.05) is 6.92 Å². The Kier molecular flexibility index (Phi) is 3.02. The van der Waals surface area contributed by atoms with E-state index in [-0.39, 0.29) is 0 Å². The minimum Gasteiger partial charge on any atom is -0.370 e. The lowest BCUT2D eigenvalue weighted by Crippen LogP contribution is -2.22. The number of H-pyrrole nitrogens is 1. The molecular formula is C9H15N2. The molecule has 2 heteroatoms. The van der Waals surface area contributed by atoms with Crippen LogP contribution in [0.5, 0.6) is 0 Å². The van der Waals surface area contributed by atoms with Crippen molar-refractivity contribution >= 4 is 5.69 Å². The molecule has 11 heavy (non-hydrogen) atoms. The maximum atomic E-state index is 3.07. The van der Waals surface area contributed by atoms with Crippen LogP contribution >= 0.6 is 0 Å². The van der Waals surface area contributed by atoms with E-state index in [0.717, 1.165) is 13.1 Å². The van der Waals surface area contributed by atoms with Crippen LogP contribution in [0.25, 0.3) is 0 Å². The van der Waals surface area contributed by atoms with Crippen molar-refractivity contribution in [3.8, 4) is 0 Å². The first-order valence-electron chi connectivity index (χ1n) is 4.18. The number of nitrogens with zero attached hydrogens (tertiary/aromatic N) is 1. The van der Waals surface area contributed by atoms with Gasteiger partial charge in [0.15, 0.2) is 0 Å². The minimum absolute atomic E-state index is 1.06. The van der Waals surface area contributed by atoms with E-state index in [1.807, 2.05) is 6.20 Å². The van der Waals surface area contributed by atoms with E-state index in [0.29, 0.717) is 0 Å². The summed E-state index contributed by atoms with van der Waals surface area (Å²) in [6, 6.07) is 2.05. The van der Waals surface area contributed by atoms with Crippen LogP contribution in [0.2, 0.25) is 0 Å². The lowest BCUT2D eigenvalue weighted by molar-refractivity contribution is 0.792. The molecule has 0 unspecified atom stereocenters. The fraction of sp³-hybridized carbons (Fsp3) is 0.556. The lowest BCUT2D eigenvalue weighted by Gasteiger charge is -2.19. The molecule has 0 aliphatic heterocycles. The van der Waals surface area contributed by atoms with Crippen molar-refractivity contribution in [1.82, 2.24) is 4.98 Å². The molecule has 1 rings (SSSR count). The summed E-state index contributed by atoms with van der Waals surface area (Å²) >= 11 is 0. The zero-order valence-electron chi connectivity index (χ0n) is 7.22. The fourth-order valence-corrected chi connectivity index (χ4v) is 1.18. The lowest BCUT2D eigenvalue weighted by atomic mass is 10.3. The number of aromatic amines is 1. The Bertz CT molecular complexity index is 179. The third kappa shape index (κ3) is 2.00. The molecule has 0 bridgehead atoms. The van der Waals surface area contributed by atoms with Crippen molar-refractivity contribution in [3.63, 3.8) is 0 Å². The van der Waals surface area contributed by atoms with Gasteiger partial charge >= 0.3 is 0 Å². The predicted molar refractivity (Wildman–Crippen MR) is 47.8 cm³/mol. The monoisotopic (exact) mass is 151 g/mol. The first-order chi connectivity index (χ1) is 5.38. The van der Waals surface area contributed by atoms with E-state index >= 15 is 0 Å². The van der Waals surface area contributed by atoms with Gasteiger partial charge in [-0.25, -0.2) is 0 Å². The second kappa shape index (κ2) is 4.06. The summed E-state index contributed by atoms with van der Waals surface area (Å²) in [7, 11) is 0. The van der Waals surface area contributed by atoms with Crippen molar-refractivity contribution in [3.05, 3.63) is 18.5 Å². The Morgan fingerprint density at radius 2 is 2.36 bits per heavy atom. The molecular weight excluding hydrogens is 136 g/mol. The fourth-order valence-electron chi connectivity index (χ4n) is 1.18. The molecule has 0 atom stereocenters. The quantitative estimate of drug-likeness (QED) is 0.697. The molecule has 61 valence electrons. The van der Waals surface area contributed by atoms with Crippen LogP contribution in [0.1, 0.15) is 20.3 Å². The molecule has 0 saturated carbocycles. The summed E-state index contributed by atoms with van der Waals surface area (Å²) in [5, 5.41) is 0. The Labute approximate surface area is 68.2 Å². The largest absolute Gasteiger partial charge is 0.370 e. The summed E-state index contributed by atoms with van der Waals surface area (Å²) in [4.78, 5) is 5.24. The molecule has 1 aromatic heterocycles. The zero-order valence-corrected chi connectivity index (χ0v) is 7.22. The first-order valence-corrected chi connectivity index (χ1v) is 4.18. The van der Waals surface area contributed by atoms with Crippen LogP contribution in [-0.4, -0.2) is 18.1 Å². The normalized spacial score (nSPS) is 10.0. The van der Waals surface area contributed by atoms with Crippen molar-refractivity contribution < 1.29 is 0 Å². The van der Waals surface area contributed by atoms with Crippen molar-refractivity contribution in [2.45, 2.75) is 20.3 Å². The van der Waals surface area contributed by atoms with Gasteiger partial charge in [-0.2, -0.15) is 0 Å². The number of hydrogen-bond acceptors (Lipinski definition) is 1. The van der Waals surface area contributed by atoms with Gasteiger partial charge in [0.1, 0.15) is 0 Å². The number of aromatic nitrogens is 1. The average molecular weight is 151 g/mol. The molecule has 0 saturated heterocycles. The number of anilines is 1. The zero-order chi connectivity index (χ0) is 8.10. The second-order valence-electron chi connectivity index (χ2n) is 2.57. The van der Waals surface area contributed by atoms with E-state index in [2.05, 4.69) is 36.0 Å². The van der Waals surface area contributed by atoms with Crippen molar-refractivity contribution in [1.29, 1.82) is 0 Å². The molecule has 2 nitrogen and oxygen atoms in total. The van der Waals surface area contributed by atoms with Gasteiger partial charge in [0.25, 0.3) is 0 Å². The highest BCUT2D eigenvalue weighted by Crippen LogP contribution is 2.10. The highest BCUT2D eigenvalue weighted by molar-refractivity contribution is 5.42. The van der Waals surface area contributed by atoms with E-state index in [4.69, 9.17) is 0 Å². The summed E-state index contributed by atoms with van der Waals surface area (Å²) in [6.45, 7) is 6.53. The molecule has 0 fully saturated rings. The molecule has 1 heterocycles. The van der Waals surface area contributed by atoms with Crippen LogP contribution < -0.4 is 4.90 Å². The highest BCUT2D eigenvalue weighted by atomic mass is 15.1. The van der Waals surface area contributed by atoms with Crippen LogP contribution in [0.3, 0.4) is 0 Å². The maximum absolute atomic E-state index is 3.07. The number of nitrogens with one attached hydrogen (secondary N) is 1. The Morgan fingerprint density at radius 3 is 2.82 bits per heavy atom. The average Bonchev–Trinajstić information content (AvgIpc) is 2.52. The summed E-state index contributed by atoms with van der Waals surface area (Å²) in [5.41, 5.74) is 1.18. The van der Waals surface area contributed by atoms with Crippen LogP contribution in [0.15, 0.2) is 12.3 Å². The summed E-state index contributed by atoms with van der Waals surface area (Å²) in [6.07, 6.45) is 6.17. The molecule has 1 radical (unpaired) electrons. The van der Waals surface area contributed by atoms with Gasteiger partial charge in [0.2, 0.25) is 0 Å². The van der Waals surface area contributed by atoms with Crippen LogP contribution in [-0.2, 0) is 0 Å². The van der Waals surface area contributed by atoms with Gasteiger partial charge < -0.3 is 9.88 Å². The maximum Gasteiger partial charge on any atom is 0.0878 e. The van der Waals surface area contributed by atoms with Gasteiger partial charge in [-0.15, -0.1) is 0 Å². The first kappa shape index (κ1) is 8.18. The van der Waals surface area contributed by atoms with Crippen LogP contribution in [0, 0.1) is 6.20 Å². The molecule has 0 spiro atoms. The smallest absolute Gasteiger partial charge is 0.0878 e. The standard InChI is InChI=1S/C9H15N2/c1-3-7-11(4-2)9-5-6-10-8-9/h5-6,10H,3-4,7H2,1-2H3. The summed E-state index contributed by atoms with van der Waals surface area (Å²) in [5.74, 6) is 0. The van der Waals surface area contributed by atoms with Gasteiger partial charge in [0, 0.05) is 19.3 Å². The minimum atomic E-state index is 1.06.